The number of carbonyl (C=O) groups excluding carboxylic acids is 2. The van der Waals surface area contributed by atoms with Crippen LogP contribution in [0, 0.1) is 0 Å². The molecule has 2 atom stereocenters. The van der Waals surface area contributed by atoms with Gasteiger partial charge in [-0.3, -0.25) is 14.9 Å². The predicted molar refractivity (Wildman–Crippen MR) is 106 cm³/mol. The van der Waals surface area contributed by atoms with Gasteiger partial charge in [0.05, 0.1) is 12.5 Å². The number of carbonyl (C=O) groups is 2. The lowest BCUT2D eigenvalue weighted by Gasteiger charge is -2.31. The number of amides is 2. The first-order valence-corrected chi connectivity index (χ1v) is 9.50. The molecule has 0 aliphatic carbocycles. The largest absolute Gasteiger partial charge is 0.354 e. The summed E-state index contributed by atoms with van der Waals surface area (Å²) >= 11 is 0. The van der Waals surface area contributed by atoms with E-state index >= 15 is 0 Å². The van der Waals surface area contributed by atoms with E-state index < -0.39 is 6.04 Å². The summed E-state index contributed by atoms with van der Waals surface area (Å²) in [6, 6.07) is 17.6. The monoisotopic (exact) mass is 365 g/mol. The van der Waals surface area contributed by atoms with Crippen molar-refractivity contribution in [3.05, 3.63) is 71.3 Å². The van der Waals surface area contributed by atoms with Gasteiger partial charge in [-0.25, -0.2) is 0 Å². The molecule has 2 amide bonds. The van der Waals surface area contributed by atoms with Gasteiger partial charge in [-0.1, -0.05) is 68.4 Å². The molecule has 0 spiro atoms. The first-order valence-electron chi connectivity index (χ1n) is 9.50. The van der Waals surface area contributed by atoms with E-state index in [1.807, 2.05) is 30.3 Å². The molecule has 1 aliphatic rings. The van der Waals surface area contributed by atoms with Crippen molar-refractivity contribution in [1.82, 2.24) is 16.0 Å². The molecular weight excluding hydrogens is 338 g/mol. The van der Waals surface area contributed by atoms with Gasteiger partial charge in [0.15, 0.2) is 0 Å². The number of hydrogen-bond donors (Lipinski definition) is 3. The average molecular weight is 365 g/mol. The maximum Gasteiger partial charge on any atom is 0.237 e. The molecule has 2 aromatic rings. The lowest BCUT2D eigenvalue weighted by molar-refractivity contribution is -0.131. The van der Waals surface area contributed by atoms with Crippen molar-refractivity contribution in [3.8, 4) is 0 Å². The van der Waals surface area contributed by atoms with Crippen LogP contribution in [0.3, 0.4) is 0 Å². The van der Waals surface area contributed by atoms with Crippen molar-refractivity contribution < 1.29 is 9.59 Å². The highest BCUT2D eigenvalue weighted by molar-refractivity contribution is 5.89. The first kappa shape index (κ1) is 19.1. The Morgan fingerprint density at radius 1 is 1.11 bits per heavy atom. The Kier molecular flexibility index (Phi) is 6.24. The minimum absolute atomic E-state index is 0.118. The Hall–Kier alpha value is -2.66. The summed E-state index contributed by atoms with van der Waals surface area (Å²) in [6.07, 6.45) is 0.579. The molecule has 2 unspecified atom stereocenters. The van der Waals surface area contributed by atoms with Gasteiger partial charge in [-0.15, -0.1) is 0 Å². The molecule has 0 radical (unpaired) electrons. The fourth-order valence-corrected chi connectivity index (χ4v) is 3.22. The van der Waals surface area contributed by atoms with Gasteiger partial charge in [0.1, 0.15) is 6.17 Å². The highest BCUT2D eigenvalue weighted by Crippen LogP contribution is 2.16. The van der Waals surface area contributed by atoms with Crippen LogP contribution < -0.4 is 16.0 Å². The fraction of sp³-hybridized carbons (Fsp3) is 0.364. The molecule has 0 saturated carbocycles. The van der Waals surface area contributed by atoms with E-state index in [-0.39, 0.29) is 24.4 Å². The molecule has 1 fully saturated rings. The summed E-state index contributed by atoms with van der Waals surface area (Å²) in [5, 5.41) is 9.06. The second kappa shape index (κ2) is 8.82. The van der Waals surface area contributed by atoms with Crippen LogP contribution in [0.5, 0.6) is 0 Å². The van der Waals surface area contributed by atoms with Gasteiger partial charge in [0.25, 0.3) is 0 Å². The maximum absolute atomic E-state index is 12.5. The van der Waals surface area contributed by atoms with Crippen molar-refractivity contribution >= 4 is 11.8 Å². The Bertz CT molecular complexity index is 772. The van der Waals surface area contributed by atoms with Gasteiger partial charge in [-0.05, 0) is 29.0 Å². The zero-order chi connectivity index (χ0) is 19.2. The van der Waals surface area contributed by atoms with Crippen LogP contribution in [-0.4, -0.2) is 24.4 Å². The molecule has 0 aromatic heterocycles. The summed E-state index contributed by atoms with van der Waals surface area (Å²) in [5.41, 5.74) is 3.44. The minimum atomic E-state index is -0.521. The molecule has 142 valence electrons. The lowest BCUT2D eigenvalue weighted by Crippen LogP contribution is -2.56. The van der Waals surface area contributed by atoms with Crippen LogP contribution in [0.4, 0.5) is 0 Å². The van der Waals surface area contributed by atoms with E-state index in [1.54, 1.807) is 0 Å². The zero-order valence-corrected chi connectivity index (χ0v) is 15.9. The predicted octanol–water partition coefficient (Wildman–Crippen LogP) is 2.65. The van der Waals surface area contributed by atoms with Crippen molar-refractivity contribution in [3.63, 3.8) is 0 Å². The Morgan fingerprint density at radius 3 is 2.48 bits per heavy atom. The second-order valence-electron chi connectivity index (χ2n) is 7.27. The van der Waals surface area contributed by atoms with Gasteiger partial charge in [0, 0.05) is 6.54 Å². The highest BCUT2D eigenvalue weighted by Gasteiger charge is 2.30. The second-order valence-corrected chi connectivity index (χ2v) is 7.27. The average Bonchev–Trinajstić information content (AvgIpc) is 2.68. The lowest BCUT2D eigenvalue weighted by atomic mass is 10.0. The van der Waals surface area contributed by atoms with Gasteiger partial charge < -0.3 is 10.6 Å². The van der Waals surface area contributed by atoms with E-state index in [9.17, 15) is 9.59 Å². The molecule has 0 bridgehead atoms. The molecule has 5 nitrogen and oxygen atoms in total. The van der Waals surface area contributed by atoms with E-state index in [2.05, 4.69) is 54.1 Å². The topological polar surface area (TPSA) is 70.2 Å². The van der Waals surface area contributed by atoms with Crippen LogP contribution in [0.1, 0.15) is 49.0 Å². The molecule has 1 saturated heterocycles. The van der Waals surface area contributed by atoms with Crippen LogP contribution in [0.15, 0.2) is 54.6 Å². The third-order valence-corrected chi connectivity index (χ3v) is 4.87. The van der Waals surface area contributed by atoms with Crippen LogP contribution in [-0.2, 0) is 16.0 Å². The Balaban J connectivity index is 1.52. The van der Waals surface area contributed by atoms with Crippen LogP contribution in [0.25, 0.3) is 0 Å². The fourth-order valence-electron chi connectivity index (χ4n) is 3.22. The summed E-state index contributed by atoms with van der Waals surface area (Å²) in [6.45, 7) is 4.90. The summed E-state index contributed by atoms with van der Waals surface area (Å²) in [7, 11) is 0. The van der Waals surface area contributed by atoms with Crippen molar-refractivity contribution in [2.75, 3.05) is 6.54 Å². The van der Waals surface area contributed by atoms with Crippen LogP contribution in [0.2, 0.25) is 0 Å². The van der Waals surface area contributed by atoms with Gasteiger partial charge in [-0.2, -0.15) is 0 Å². The van der Waals surface area contributed by atoms with E-state index in [1.165, 1.54) is 11.1 Å². The molecule has 27 heavy (non-hydrogen) atoms. The summed E-state index contributed by atoms with van der Waals surface area (Å²) < 4.78 is 0. The third kappa shape index (κ3) is 5.17. The molecule has 1 aliphatic heterocycles. The molecule has 2 aromatic carbocycles. The maximum atomic E-state index is 12.5. The van der Waals surface area contributed by atoms with E-state index in [0.717, 1.165) is 12.0 Å². The minimum Gasteiger partial charge on any atom is -0.354 e. The number of hydrogen-bond acceptors (Lipinski definition) is 3. The van der Waals surface area contributed by atoms with Gasteiger partial charge in [0.2, 0.25) is 11.8 Å². The van der Waals surface area contributed by atoms with Gasteiger partial charge >= 0.3 is 0 Å². The van der Waals surface area contributed by atoms with Crippen LogP contribution >= 0.6 is 0 Å². The number of nitrogens with one attached hydrogen (secondary N) is 3. The van der Waals surface area contributed by atoms with E-state index in [0.29, 0.717) is 12.5 Å². The molecule has 3 rings (SSSR count). The number of benzene rings is 2. The molecule has 5 heteroatoms. The third-order valence-electron chi connectivity index (χ3n) is 4.87. The van der Waals surface area contributed by atoms with Crippen molar-refractivity contribution in [1.29, 1.82) is 0 Å². The Labute approximate surface area is 160 Å². The number of rotatable bonds is 6. The van der Waals surface area contributed by atoms with Crippen molar-refractivity contribution in [2.45, 2.75) is 44.8 Å². The van der Waals surface area contributed by atoms with E-state index in [4.69, 9.17) is 0 Å². The summed E-state index contributed by atoms with van der Waals surface area (Å²) in [4.78, 5) is 24.5. The molecular formula is C22H27N3O2. The zero-order valence-electron chi connectivity index (χ0n) is 15.9. The first-order chi connectivity index (χ1) is 13.0. The Morgan fingerprint density at radius 2 is 1.81 bits per heavy atom. The standard InChI is InChI=1S/C22H27N3O2/c1-15(2)17-10-8-16(9-11-17)12-13-23-22(27)19-14-20(26)25-21(24-19)18-6-4-3-5-7-18/h3-11,15,19,21,24H,12-14H2,1-2H3,(H,23,27)(H,25,26). The quantitative estimate of drug-likeness (QED) is 0.737. The normalized spacial score (nSPS) is 19.6. The van der Waals surface area contributed by atoms with Crippen molar-refractivity contribution in [2.24, 2.45) is 0 Å². The summed E-state index contributed by atoms with van der Waals surface area (Å²) in [5.74, 6) is 0.261. The molecule has 1 heterocycles. The smallest absolute Gasteiger partial charge is 0.237 e. The highest BCUT2D eigenvalue weighted by atomic mass is 16.2. The molecule has 3 N–H and O–H groups in total. The SMILES string of the molecule is CC(C)c1ccc(CCNC(=O)C2CC(=O)NC(c3ccccc3)N2)cc1.